The number of carbonyl (C=O) groups is 1. The van der Waals surface area contributed by atoms with Crippen molar-refractivity contribution in [2.45, 2.75) is 96.7 Å². The van der Waals surface area contributed by atoms with Gasteiger partial charge in [0.05, 0.1) is 25.5 Å². The molecule has 1 amide bonds. The zero-order valence-corrected chi connectivity index (χ0v) is 26.2. The van der Waals surface area contributed by atoms with Crippen molar-refractivity contribution in [1.82, 2.24) is 24.8 Å². The molecule has 2 aliphatic heterocycles. The molecule has 9 heteroatoms. The Labute approximate surface area is 256 Å². The van der Waals surface area contributed by atoms with Gasteiger partial charge in [-0.1, -0.05) is 51.7 Å². The van der Waals surface area contributed by atoms with Crippen LogP contribution in [0.5, 0.6) is 0 Å². The number of unbranched alkanes of at least 4 members (excludes halogenated alkanes) is 2. The minimum absolute atomic E-state index is 0.0165. The number of nitrogens with zero attached hydrogens (tertiary/aromatic N) is 4. The molecule has 0 radical (unpaired) electrons. The molecule has 9 nitrogen and oxygen atoms in total. The zero-order valence-electron chi connectivity index (χ0n) is 26.2. The molecular formula is C34H49N7O2. The molecule has 1 unspecified atom stereocenters. The molecule has 2 saturated heterocycles. The van der Waals surface area contributed by atoms with E-state index in [1.165, 1.54) is 25.7 Å². The molecule has 1 atom stereocenters. The van der Waals surface area contributed by atoms with Crippen molar-refractivity contribution in [2.24, 2.45) is 5.92 Å². The average Bonchev–Trinajstić information content (AvgIpc) is 3.69. The largest absolute Gasteiger partial charge is 0.378 e. The molecule has 0 bridgehead atoms. The Morgan fingerprint density at radius 2 is 1.88 bits per heavy atom. The number of hydrogen-bond acceptors (Lipinski definition) is 7. The lowest BCUT2D eigenvalue weighted by molar-refractivity contribution is -0.0705. The molecule has 232 valence electrons. The lowest BCUT2D eigenvalue weighted by atomic mass is 9.98. The molecule has 3 aliphatic rings. The number of benzene rings is 1. The van der Waals surface area contributed by atoms with Gasteiger partial charge in [-0.2, -0.15) is 9.61 Å². The summed E-state index contributed by atoms with van der Waals surface area (Å²) >= 11 is 0. The van der Waals surface area contributed by atoms with Gasteiger partial charge in [0.2, 0.25) is 0 Å². The molecule has 3 fully saturated rings. The lowest BCUT2D eigenvalue weighted by Crippen LogP contribution is -2.53. The maximum atomic E-state index is 12.8. The van der Waals surface area contributed by atoms with Gasteiger partial charge in [-0.05, 0) is 62.1 Å². The Morgan fingerprint density at radius 3 is 2.56 bits per heavy atom. The predicted molar refractivity (Wildman–Crippen MR) is 173 cm³/mol. The summed E-state index contributed by atoms with van der Waals surface area (Å²) in [5, 5.41) is 15.4. The number of ether oxygens (including phenoxy) is 1. The highest BCUT2D eigenvalue weighted by molar-refractivity contribution is 5.97. The summed E-state index contributed by atoms with van der Waals surface area (Å²) in [4.78, 5) is 20.4. The van der Waals surface area contributed by atoms with Crippen LogP contribution in [-0.4, -0.2) is 76.4 Å². The Balaban J connectivity index is 1.24. The number of carbonyl (C=O) groups excluding carboxylic acids is 1. The van der Waals surface area contributed by atoms with E-state index in [1.807, 2.05) is 29.8 Å². The van der Waals surface area contributed by atoms with Crippen LogP contribution in [0.25, 0.3) is 16.8 Å². The summed E-state index contributed by atoms with van der Waals surface area (Å²) in [5.41, 5.74) is 4.51. The van der Waals surface area contributed by atoms with Crippen molar-refractivity contribution in [3.63, 3.8) is 0 Å². The molecule has 43 heavy (non-hydrogen) atoms. The molecule has 4 heterocycles. The number of fused-ring (bicyclic) bond motifs is 1. The SMILES string of the molecule is CCCCCC(CC)CNc1cc(NC2CCN(C3COC3)CC2)nc2c(-c3ccc(C(=O)NC4CC4)c(C)c3)cnn12. The Kier molecular flexibility index (Phi) is 9.48. The maximum absolute atomic E-state index is 12.8. The first kappa shape index (κ1) is 29.9. The Morgan fingerprint density at radius 1 is 1.07 bits per heavy atom. The summed E-state index contributed by atoms with van der Waals surface area (Å²) in [6.45, 7) is 11.4. The van der Waals surface area contributed by atoms with Gasteiger partial charge in [-0.3, -0.25) is 9.69 Å². The van der Waals surface area contributed by atoms with Crippen LogP contribution in [0.2, 0.25) is 0 Å². The highest BCUT2D eigenvalue weighted by Crippen LogP contribution is 2.30. The van der Waals surface area contributed by atoms with Gasteiger partial charge in [0.15, 0.2) is 5.65 Å². The van der Waals surface area contributed by atoms with Crippen molar-refractivity contribution in [2.75, 3.05) is 43.5 Å². The van der Waals surface area contributed by atoms with Crippen LogP contribution in [0.1, 0.15) is 87.6 Å². The number of aromatic nitrogens is 3. The Hall–Kier alpha value is -3.17. The minimum Gasteiger partial charge on any atom is -0.378 e. The van der Waals surface area contributed by atoms with Crippen molar-refractivity contribution in [3.8, 4) is 11.1 Å². The van der Waals surface area contributed by atoms with E-state index in [2.05, 4.69) is 46.8 Å². The van der Waals surface area contributed by atoms with Crippen LogP contribution in [0.15, 0.2) is 30.5 Å². The second-order valence-corrected chi connectivity index (χ2v) is 12.9. The fourth-order valence-corrected chi connectivity index (χ4v) is 6.38. The second-order valence-electron chi connectivity index (χ2n) is 12.9. The monoisotopic (exact) mass is 587 g/mol. The molecule has 0 spiro atoms. The highest BCUT2D eigenvalue weighted by atomic mass is 16.5. The molecule has 1 saturated carbocycles. The first-order chi connectivity index (χ1) is 21.0. The lowest BCUT2D eigenvalue weighted by Gasteiger charge is -2.41. The van der Waals surface area contributed by atoms with E-state index in [9.17, 15) is 4.79 Å². The average molecular weight is 588 g/mol. The highest BCUT2D eigenvalue weighted by Gasteiger charge is 2.30. The van der Waals surface area contributed by atoms with E-state index in [0.29, 0.717) is 24.0 Å². The number of anilines is 2. The summed E-state index contributed by atoms with van der Waals surface area (Å²) in [7, 11) is 0. The third-order valence-electron chi connectivity index (χ3n) is 9.55. The van der Waals surface area contributed by atoms with Crippen molar-refractivity contribution >= 4 is 23.2 Å². The van der Waals surface area contributed by atoms with E-state index in [4.69, 9.17) is 14.8 Å². The maximum Gasteiger partial charge on any atom is 0.251 e. The van der Waals surface area contributed by atoms with E-state index in [0.717, 1.165) is 104 Å². The summed E-state index contributed by atoms with van der Waals surface area (Å²) in [6.07, 6.45) is 12.5. The molecule has 6 rings (SSSR count). The smallest absolute Gasteiger partial charge is 0.251 e. The van der Waals surface area contributed by atoms with E-state index < -0.39 is 0 Å². The zero-order chi connectivity index (χ0) is 29.8. The fourth-order valence-electron chi connectivity index (χ4n) is 6.38. The van der Waals surface area contributed by atoms with Crippen LogP contribution < -0.4 is 16.0 Å². The third kappa shape index (κ3) is 7.15. The van der Waals surface area contributed by atoms with Gasteiger partial charge in [-0.15, -0.1) is 0 Å². The normalized spacial score (nSPS) is 18.9. The fraction of sp³-hybridized carbons (Fsp3) is 0.618. The van der Waals surface area contributed by atoms with Crippen molar-refractivity contribution < 1.29 is 9.53 Å². The number of amides is 1. The number of aryl methyl sites for hydroxylation is 1. The number of piperidine rings is 1. The molecular weight excluding hydrogens is 538 g/mol. The first-order valence-corrected chi connectivity index (χ1v) is 16.6. The van der Waals surface area contributed by atoms with Crippen molar-refractivity contribution in [3.05, 3.63) is 41.6 Å². The first-order valence-electron chi connectivity index (χ1n) is 16.6. The predicted octanol–water partition coefficient (Wildman–Crippen LogP) is 5.89. The van der Waals surface area contributed by atoms with E-state index >= 15 is 0 Å². The molecule has 1 aliphatic carbocycles. The number of hydrogen-bond donors (Lipinski definition) is 3. The van der Waals surface area contributed by atoms with E-state index in [-0.39, 0.29) is 5.91 Å². The standard InChI is InChI=1S/C34H49N7O2/c1-4-6-7-8-24(5-2)19-35-32-18-31(37-27-13-15-40(16-14-27)28-21-43-22-28)39-33-30(20-36-41(32)33)25-9-12-29(23(3)17-25)34(42)38-26-10-11-26/h9,12,17-18,20,24,26-28,35H,4-8,10-11,13-16,19,21-22H2,1-3H3,(H,37,39)(H,38,42). The van der Waals surface area contributed by atoms with Crippen LogP contribution in [0, 0.1) is 12.8 Å². The molecule has 3 N–H and O–H groups in total. The van der Waals surface area contributed by atoms with E-state index in [1.54, 1.807) is 0 Å². The van der Waals surface area contributed by atoms with Gasteiger partial charge >= 0.3 is 0 Å². The van der Waals surface area contributed by atoms with Gasteiger partial charge in [-0.25, -0.2) is 4.98 Å². The summed E-state index contributed by atoms with van der Waals surface area (Å²) < 4.78 is 7.37. The van der Waals surface area contributed by atoms with Crippen LogP contribution >= 0.6 is 0 Å². The summed E-state index contributed by atoms with van der Waals surface area (Å²) in [6, 6.07) is 9.51. The van der Waals surface area contributed by atoms with Gasteiger partial charge < -0.3 is 20.7 Å². The number of rotatable bonds is 14. The van der Waals surface area contributed by atoms with Crippen molar-refractivity contribution in [1.29, 1.82) is 0 Å². The molecule has 2 aromatic heterocycles. The molecule has 1 aromatic carbocycles. The third-order valence-corrected chi connectivity index (χ3v) is 9.55. The summed E-state index contributed by atoms with van der Waals surface area (Å²) in [5.74, 6) is 2.49. The van der Waals surface area contributed by atoms with Gasteiger partial charge in [0.1, 0.15) is 11.6 Å². The molecule has 3 aromatic rings. The van der Waals surface area contributed by atoms with Crippen LogP contribution in [0.4, 0.5) is 11.6 Å². The van der Waals surface area contributed by atoms with Gasteiger partial charge in [0.25, 0.3) is 5.91 Å². The topological polar surface area (TPSA) is 95.8 Å². The number of likely N-dealkylation sites (tertiary alicyclic amines) is 1. The second kappa shape index (κ2) is 13.6. The van der Waals surface area contributed by atoms with Crippen LogP contribution in [-0.2, 0) is 4.74 Å². The quantitative estimate of drug-likeness (QED) is 0.202. The number of nitrogens with one attached hydrogen (secondary N) is 3. The van der Waals surface area contributed by atoms with Gasteiger partial charge in [0, 0.05) is 48.9 Å². The van der Waals surface area contributed by atoms with Crippen LogP contribution in [0.3, 0.4) is 0 Å². The minimum atomic E-state index is 0.0165. The Bertz CT molecular complexity index is 1390.